The van der Waals surface area contributed by atoms with E-state index in [-0.39, 0.29) is 5.38 Å². The molecule has 2 atom stereocenters. The first-order chi connectivity index (χ1) is 8.34. The zero-order chi connectivity index (χ0) is 11.7. The van der Waals surface area contributed by atoms with Crippen LogP contribution in [0.4, 0.5) is 0 Å². The highest BCUT2D eigenvalue weighted by Crippen LogP contribution is 2.37. The summed E-state index contributed by atoms with van der Waals surface area (Å²) in [7, 11) is 0. The van der Waals surface area contributed by atoms with E-state index in [1.54, 1.807) is 0 Å². The molecule has 17 heavy (non-hydrogen) atoms. The van der Waals surface area contributed by atoms with Gasteiger partial charge in [-0.2, -0.15) is 0 Å². The summed E-state index contributed by atoms with van der Waals surface area (Å²) in [4.78, 5) is 0. The van der Waals surface area contributed by atoms with E-state index >= 15 is 0 Å². The van der Waals surface area contributed by atoms with Crippen molar-refractivity contribution in [3.05, 3.63) is 36.1 Å². The normalized spacial score (nSPS) is 25.9. The van der Waals surface area contributed by atoms with Crippen LogP contribution in [-0.2, 0) is 0 Å². The summed E-state index contributed by atoms with van der Waals surface area (Å²) >= 11 is 6.49. The van der Waals surface area contributed by atoms with E-state index in [4.69, 9.17) is 16.0 Å². The van der Waals surface area contributed by atoms with Crippen molar-refractivity contribution >= 4 is 22.6 Å². The number of furan rings is 1. The number of fused-ring (bicyclic) bond motifs is 1. The lowest BCUT2D eigenvalue weighted by molar-refractivity contribution is 0.460. The Bertz CT molecular complexity index is 469. The minimum Gasteiger partial charge on any atom is -0.461 e. The summed E-state index contributed by atoms with van der Waals surface area (Å²) in [6, 6.07) is 10.4. The highest BCUT2D eigenvalue weighted by molar-refractivity contribution is 6.21. The first kappa shape index (κ1) is 11.2. The van der Waals surface area contributed by atoms with Gasteiger partial charge in [-0.15, -0.1) is 11.6 Å². The maximum atomic E-state index is 6.49. The van der Waals surface area contributed by atoms with E-state index in [1.807, 2.05) is 18.2 Å². The van der Waals surface area contributed by atoms with Crippen molar-refractivity contribution < 1.29 is 4.42 Å². The Balaban J connectivity index is 1.95. The fourth-order valence-corrected chi connectivity index (χ4v) is 3.17. The predicted octanol–water partition coefficient (Wildman–Crippen LogP) is 5.09. The molecule has 2 heteroatoms. The van der Waals surface area contributed by atoms with Gasteiger partial charge in [0.15, 0.2) is 0 Å². The van der Waals surface area contributed by atoms with Gasteiger partial charge in [-0.1, -0.05) is 37.5 Å². The number of alkyl halides is 1. The molecule has 2 unspecified atom stereocenters. The van der Waals surface area contributed by atoms with Crippen molar-refractivity contribution in [1.82, 2.24) is 0 Å². The lowest BCUT2D eigenvalue weighted by Gasteiger charge is -2.16. The van der Waals surface area contributed by atoms with Crippen molar-refractivity contribution in [1.29, 1.82) is 0 Å². The topological polar surface area (TPSA) is 13.1 Å². The van der Waals surface area contributed by atoms with Gasteiger partial charge in [-0.3, -0.25) is 0 Å². The molecule has 90 valence electrons. The number of rotatable bonds is 1. The molecule has 0 radical (unpaired) electrons. The molecule has 0 spiro atoms. The molecule has 0 N–H and O–H groups in total. The van der Waals surface area contributed by atoms with Gasteiger partial charge < -0.3 is 4.42 Å². The van der Waals surface area contributed by atoms with E-state index in [9.17, 15) is 0 Å². The van der Waals surface area contributed by atoms with Crippen molar-refractivity contribution in [2.24, 2.45) is 0 Å². The Morgan fingerprint density at radius 2 is 1.88 bits per heavy atom. The second-order valence-electron chi connectivity index (χ2n) is 4.95. The Morgan fingerprint density at radius 1 is 1.06 bits per heavy atom. The van der Waals surface area contributed by atoms with E-state index < -0.39 is 0 Å². The Hall–Kier alpha value is -0.950. The largest absolute Gasteiger partial charge is 0.461 e. The van der Waals surface area contributed by atoms with Gasteiger partial charge in [0.05, 0.1) is 0 Å². The van der Waals surface area contributed by atoms with Gasteiger partial charge in [-0.05, 0) is 25.0 Å². The first-order valence-electron chi connectivity index (χ1n) is 6.47. The van der Waals surface area contributed by atoms with Gasteiger partial charge in [0.25, 0.3) is 0 Å². The fraction of sp³-hybridized carbons (Fsp3) is 0.467. The zero-order valence-electron chi connectivity index (χ0n) is 9.86. The van der Waals surface area contributed by atoms with Crippen molar-refractivity contribution in [2.75, 3.05) is 0 Å². The van der Waals surface area contributed by atoms with Crippen LogP contribution in [0.5, 0.6) is 0 Å². The van der Waals surface area contributed by atoms with Crippen LogP contribution in [0.25, 0.3) is 11.0 Å². The highest BCUT2D eigenvalue weighted by atomic mass is 35.5. The quantitative estimate of drug-likeness (QED) is 0.506. The second kappa shape index (κ2) is 4.73. The standard InChI is InChI=1S/C15H17ClO/c16-13-8-3-1-2-7-12(13)15-10-11-6-4-5-9-14(11)17-15/h4-6,9-10,12-13H,1-3,7-8H2. The SMILES string of the molecule is ClC1CCCCCC1c1cc2ccccc2o1. The van der Waals surface area contributed by atoms with Crippen LogP contribution >= 0.6 is 11.6 Å². The van der Waals surface area contributed by atoms with Gasteiger partial charge in [0.1, 0.15) is 11.3 Å². The smallest absolute Gasteiger partial charge is 0.134 e. The summed E-state index contributed by atoms with van der Waals surface area (Å²) < 4.78 is 5.95. The summed E-state index contributed by atoms with van der Waals surface area (Å²) in [6.07, 6.45) is 6.10. The fourth-order valence-electron chi connectivity index (χ4n) is 2.77. The average molecular weight is 249 g/mol. The first-order valence-corrected chi connectivity index (χ1v) is 6.91. The average Bonchev–Trinajstić information content (AvgIpc) is 2.65. The van der Waals surface area contributed by atoms with E-state index in [1.165, 1.54) is 24.6 Å². The van der Waals surface area contributed by atoms with Gasteiger partial charge in [0.2, 0.25) is 0 Å². The lowest BCUT2D eigenvalue weighted by atomic mass is 9.97. The summed E-state index contributed by atoms with van der Waals surface area (Å²) in [5.74, 6) is 1.47. The van der Waals surface area contributed by atoms with Gasteiger partial charge in [0, 0.05) is 16.7 Å². The van der Waals surface area contributed by atoms with Crippen LogP contribution in [0.3, 0.4) is 0 Å². The third kappa shape index (κ3) is 2.21. The monoisotopic (exact) mass is 248 g/mol. The van der Waals surface area contributed by atoms with E-state index in [2.05, 4.69) is 12.1 Å². The zero-order valence-corrected chi connectivity index (χ0v) is 10.6. The number of benzene rings is 1. The van der Waals surface area contributed by atoms with Gasteiger partial charge in [-0.25, -0.2) is 0 Å². The predicted molar refractivity (Wildman–Crippen MR) is 71.7 cm³/mol. The summed E-state index contributed by atoms with van der Waals surface area (Å²) in [5, 5.41) is 1.42. The molecule has 0 amide bonds. The molecule has 1 fully saturated rings. The molecular weight excluding hydrogens is 232 g/mol. The molecule has 0 aliphatic heterocycles. The Morgan fingerprint density at radius 3 is 2.76 bits per heavy atom. The molecule has 2 aromatic rings. The number of hydrogen-bond acceptors (Lipinski definition) is 1. The molecule has 1 aliphatic carbocycles. The van der Waals surface area contributed by atoms with Crippen LogP contribution in [0, 0.1) is 0 Å². The molecule has 1 heterocycles. The van der Waals surface area contributed by atoms with E-state index in [0.29, 0.717) is 5.92 Å². The highest BCUT2D eigenvalue weighted by Gasteiger charge is 2.26. The van der Waals surface area contributed by atoms with Crippen LogP contribution in [-0.4, -0.2) is 5.38 Å². The third-order valence-electron chi connectivity index (χ3n) is 3.74. The molecule has 0 saturated heterocycles. The maximum absolute atomic E-state index is 6.49. The van der Waals surface area contributed by atoms with Crippen molar-refractivity contribution in [3.63, 3.8) is 0 Å². The molecule has 1 aromatic carbocycles. The number of hydrogen-bond donors (Lipinski definition) is 0. The summed E-state index contributed by atoms with van der Waals surface area (Å²) in [6.45, 7) is 0. The minimum absolute atomic E-state index is 0.234. The van der Waals surface area contributed by atoms with Crippen molar-refractivity contribution in [2.45, 2.75) is 43.4 Å². The molecular formula is C15H17ClO. The molecule has 1 saturated carbocycles. The maximum Gasteiger partial charge on any atom is 0.134 e. The Labute approximate surface area is 107 Å². The van der Waals surface area contributed by atoms with E-state index in [0.717, 1.165) is 24.2 Å². The van der Waals surface area contributed by atoms with Crippen LogP contribution in [0.1, 0.15) is 43.8 Å². The number of para-hydroxylation sites is 1. The molecule has 0 bridgehead atoms. The van der Waals surface area contributed by atoms with Gasteiger partial charge >= 0.3 is 0 Å². The second-order valence-corrected chi connectivity index (χ2v) is 5.51. The number of halogens is 1. The van der Waals surface area contributed by atoms with Crippen LogP contribution in [0.2, 0.25) is 0 Å². The summed E-state index contributed by atoms with van der Waals surface area (Å²) in [5.41, 5.74) is 0.982. The minimum atomic E-state index is 0.234. The molecule has 1 aliphatic rings. The van der Waals surface area contributed by atoms with Crippen molar-refractivity contribution in [3.8, 4) is 0 Å². The van der Waals surface area contributed by atoms with Crippen LogP contribution < -0.4 is 0 Å². The van der Waals surface area contributed by atoms with Crippen LogP contribution in [0.15, 0.2) is 34.7 Å². The molecule has 3 rings (SSSR count). The lowest BCUT2D eigenvalue weighted by Crippen LogP contribution is -2.10. The molecule has 1 aromatic heterocycles. The molecule has 1 nitrogen and oxygen atoms in total. The Kier molecular flexibility index (Phi) is 3.11. The third-order valence-corrected chi connectivity index (χ3v) is 4.26.